The van der Waals surface area contributed by atoms with E-state index in [9.17, 15) is 0 Å². The maximum atomic E-state index is 8.98. The molecule has 1 fully saturated rings. The van der Waals surface area contributed by atoms with Gasteiger partial charge in [-0.15, -0.1) is 0 Å². The Kier molecular flexibility index (Phi) is 2.36. The van der Waals surface area contributed by atoms with Crippen molar-refractivity contribution in [2.75, 3.05) is 7.11 Å². The SMILES string of the molecule is COc1ccc2c(c1CC#N)CCCC21CC1. The van der Waals surface area contributed by atoms with Crippen molar-refractivity contribution in [3.8, 4) is 11.8 Å². The first-order valence-corrected chi connectivity index (χ1v) is 6.37. The van der Waals surface area contributed by atoms with E-state index in [1.165, 1.54) is 36.8 Å². The van der Waals surface area contributed by atoms with E-state index in [4.69, 9.17) is 10.00 Å². The number of nitrogens with zero attached hydrogens (tertiary/aromatic N) is 1. The summed E-state index contributed by atoms with van der Waals surface area (Å²) in [5.74, 6) is 0.892. The minimum atomic E-state index is 0.475. The molecule has 2 nitrogen and oxygen atoms in total. The van der Waals surface area contributed by atoms with E-state index in [0.717, 1.165) is 17.7 Å². The van der Waals surface area contributed by atoms with Crippen LogP contribution in [0.2, 0.25) is 0 Å². The van der Waals surface area contributed by atoms with Crippen LogP contribution in [0, 0.1) is 11.3 Å². The van der Waals surface area contributed by atoms with Crippen LogP contribution in [0.5, 0.6) is 5.75 Å². The van der Waals surface area contributed by atoms with E-state index < -0.39 is 0 Å². The summed E-state index contributed by atoms with van der Waals surface area (Å²) in [5, 5.41) is 8.98. The predicted octanol–water partition coefficient (Wildman–Crippen LogP) is 3.13. The van der Waals surface area contributed by atoms with Gasteiger partial charge < -0.3 is 4.74 Å². The lowest BCUT2D eigenvalue weighted by molar-refractivity contribution is 0.408. The van der Waals surface area contributed by atoms with Crippen molar-refractivity contribution in [2.24, 2.45) is 0 Å². The molecule has 2 aliphatic rings. The standard InChI is InChI=1S/C15H17NO/c1-17-14-5-4-13-11(12(14)6-10-16)3-2-7-15(13)8-9-15/h4-5H,2-3,6-9H2,1H3. The molecule has 0 saturated heterocycles. The van der Waals surface area contributed by atoms with Gasteiger partial charge in [0.2, 0.25) is 0 Å². The van der Waals surface area contributed by atoms with Gasteiger partial charge in [-0.05, 0) is 54.7 Å². The first-order valence-electron chi connectivity index (χ1n) is 6.37. The van der Waals surface area contributed by atoms with Gasteiger partial charge in [0.05, 0.1) is 19.6 Å². The Morgan fingerprint density at radius 2 is 2.18 bits per heavy atom. The monoisotopic (exact) mass is 227 g/mol. The number of benzene rings is 1. The van der Waals surface area contributed by atoms with Gasteiger partial charge in [0, 0.05) is 5.56 Å². The van der Waals surface area contributed by atoms with E-state index in [2.05, 4.69) is 18.2 Å². The number of ether oxygens (including phenoxy) is 1. The number of hydrogen-bond donors (Lipinski definition) is 0. The quantitative estimate of drug-likeness (QED) is 0.777. The number of fused-ring (bicyclic) bond motifs is 2. The molecule has 3 rings (SSSR count). The molecule has 1 aromatic rings. The van der Waals surface area contributed by atoms with Crippen molar-refractivity contribution in [3.05, 3.63) is 28.8 Å². The first-order chi connectivity index (χ1) is 8.30. The van der Waals surface area contributed by atoms with Crippen LogP contribution in [-0.2, 0) is 18.3 Å². The van der Waals surface area contributed by atoms with E-state index in [1.54, 1.807) is 7.11 Å². The molecule has 0 unspecified atom stereocenters. The highest BCUT2D eigenvalue weighted by molar-refractivity contribution is 5.52. The van der Waals surface area contributed by atoms with Gasteiger partial charge in [-0.2, -0.15) is 5.26 Å². The Balaban J connectivity index is 2.15. The third kappa shape index (κ3) is 1.53. The van der Waals surface area contributed by atoms with Crippen LogP contribution in [0.25, 0.3) is 0 Å². The Morgan fingerprint density at radius 3 is 2.82 bits per heavy atom. The van der Waals surface area contributed by atoms with Crippen molar-refractivity contribution in [1.29, 1.82) is 5.26 Å². The summed E-state index contributed by atoms with van der Waals surface area (Å²) in [6, 6.07) is 6.57. The second-order valence-corrected chi connectivity index (χ2v) is 5.24. The predicted molar refractivity (Wildman–Crippen MR) is 66.2 cm³/mol. The summed E-state index contributed by atoms with van der Waals surface area (Å²) in [6.45, 7) is 0. The fourth-order valence-electron chi connectivity index (χ4n) is 3.33. The maximum Gasteiger partial charge on any atom is 0.123 e. The van der Waals surface area contributed by atoms with E-state index in [0.29, 0.717) is 11.8 Å². The van der Waals surface area contributed by atoms with E-state index >= 15 is 0 Å². The third-order valence-electron chi connectivity index (χ3n) is 4.37. The van der Waals surface area contributed by atoms with Gasteiger partial charge in [0.1, 0.15) is 5.75 Å². The van der Waals surface area contributed by atoms with Crippen LogP contribution in [0.4, 0.5) is 0 Å². The van der Waals surface area contributed by atoms with Crippen molar-refractivity contribution < 1.29 is 4.74 Å². The zero-order valence-electron chi connectivity index (χ0n) is 10.3. The average molecular weight is 227 g/mol. The third-order valence-corrected chi connectivity index (χ3v) is 4.37. The Labute approximate surface area is 102 Å². The fourth-order valence-corrected chi connectivity index (χ4v) is 3.33. The van der Waals surface area contributed by atoms with Gasteiger partial charge in [0.25, 0.3) is 0 Å². The molecular weight excluding hydrogens is 210 g/mol. The van der Waals surface area contributed by atoms with Crippen LogP contribution in [-0.4, -0.2) is 7.11 Å². The summed E-state index contributed by atoms with van der Waals surface area (Å²) in [7, 11) is 1.69. The highest BCUT2D eigenvalue weighted by atomic mass is 16.5. The van der Waals surface area contributed by atoms with Gasteiger partial charge in [0.15, 0.2) is 0 Å². The molecule has 17 heavy (non-hydrogen) atoms. The molecule has 1 saturated carbocycles. The lowest BCUT2D eigenvalue weighted by atomic mass is 9.77. The van der Waals surface area contributed by atoms with Crippen LogP contribution < -0.4 is 4.74 Å². The average Bonchev–Trinajstić information content (AvgIpc) is 3.11. The summed E-state index contributed by atoms with van der Waals surface area (Å²) in [4.78, 5) is 0. The highest BCUT2D eigenvalue weighted by Crippen LogP contribution is 2.56. The summed E-state index contributed by atoms with van der Waals surface area (Å²) < 4.78 is 5.40. The normalized spacial score (nSPS) is 19.5. The number of nitriles is 1. The van der Waals surface area contributed by atoms with Gasteiger partial charge >= 0.3 is 0 Å². The zero-order chi connectivity index (χ0) is 11.9. The highest BCUT2D eigenvalue weighted by Gasteiger charge is 2.47. The van der Waals surface area contributed by atoms with Crippen LogP contribution in [0.3, 0.4) is 0 Å². The summed E-state index contributed by atoms with van der Waals surface area (Å²) in [6.07, 6.45) is 6.85. The smallest absolute Gasteiger partial charge is 0.123 e. The summed E-state index contributed by atoms with van der Waals surface area (Å²) >= 11 is 0. The van der Waals surface area contributed by atoms with Crippen molar-refractivity contribution in [1.82, 2.24) is 0 Å². The first kappa shape index (κ1) is 10.7. The second-order valence-electron chi connectivity index (χ2n) is 5.24. The fraction of sp³-hybridized carbons (Fsp3) is 0.533. The minimum absolute atomic E-state index is 0.475. The maximum absolute atomic E-state index is 8.98. The molecule has 1 spiro atoms. The van der Waals surface area contributed by atoms with E-state index in [1.807, 2.05) is 0 Å². The lowest BCUT2D eigenvalue weighted by Crippen LogP contribution is -2.18. The van der Waals surface area contributed by atoms with Crippen molar-refractivity contribution >= 4 is 0 Å². The second kappa shape index (κ2) is 3.77. The number of hydrogen-bond acceptors (Lipinski definition) is 2. The molecule has 0 atom stereocenters. The Morgan fingerprint density at radius 1 is 1.35 bits per heavy atom. The van der Waals surface area contributed by atoms with Crippen LogP contribution >= 0.6 is 0 Å². The molecule has 88 valence electrons. The molecule has 1 aromatic carbocycles. The van der Waals surface area contributed by atoms with Crippen molar-refractivity contribution in [3.63, 3.8) is 0 Å². The molecule has 0 bridgehead atoms. The number of rotatable bonds is 2. The topological polar surface area (TPSA) is 33.0 Å². The van der Waals surface area contributed by atoms with Gasteiger partial charge in [-0.1, -0.05) is 6.07 Å². The largest absolute Gasteiger partial charge is 0.496 e. The zero-order valence-corrected chi connectivity index (χ0v) is 10.3. The van der Waals surface area contributed by atoms with Crippen LogP contribution in [0.1, 0.15) is 42.4 Å². The molecular formula is C15H17NO. The van der Waals surface area contributed by atoms with Crippen LogP contribution in [0.15, 0.2) is 12.1 Å². The molecule has 0 heterocycles. The Hall–Kier alpha value is -1.49. The lowest BCUT2D eigenvalue weighted by Gasteiger charge is -2.28. The molecule has 0 radical (unpaired) electrons. The molecule has 0 N–H and O–H groups in total. The molecule has 2 heteroatoms. The molecule has 0 amide bonds. The van der Waals surface area contributed by atoms with Crippen molar-refractivity contribution in [2.45, 2.75) is 43.9 Å². The van der Waals surface area contributed by atoms with Gasteiger partial charge in [-0.25, -0.2) is 0 Å². The number of methoxy groups -OCH3 is 1. The minimum Gasteiger partial charge on any atom is -0.496 e. The molecule has 0 aliphatic heterocycles. The Bertz CT molecular complexity index is 494. The van der Waals surface area contributed by atoms with Gasteiger partial charge in [-0.3, -0.25) is 0 Å². The summed E-state index contributed by atoms with van der Waals surface area (Å²) in [5.41, 5.74) is 4.53. The molecule has 0 aromatic heterocycles. The molecule has 2 aliphatic carbocycles. The van der Waals surface area contributed by atoms with E-state index in [-0.39, 0.29) is 0 Å².